The van der Waals surface area contributed by atoms with Crippen LogP contribution < -0.4 is 10.6 Å². The average Bonchev–Trinajstić information content (AvgIpc) is 3.19. The third kappa shape index (κ3) is 3.97. The van der Waals surface area contributed by atoms with E-state index in [0.717, 1.165) is 42.6 Å². The molecule has 0 radical (unpaired) electrons. The normalized spacial score (nSPS) is 28.8. The standard InChI is InChI=1S/C23H28FN5O2/c1-4-16(24)22(27-19-14-8-6-13(7-9-14)18(19)23(30)31)26-17(5-2)20-15-10-12(3)11-25-21(15)29-28-20/h1,5,10,13-14,16,18-19H,6-9,11H2,2-3H3,(H,26,27)(H,30,31)(H2,25,28,29)/b17-5-. The molecule has 0 amide bonds. The monoisotopic (exact) mass is 425 g/mol. The van der Waals surface area contributed by atoms with Crippen LogP contribution in [0.5, 0.6) is 0 Å². The maximum absolute atomic E-state index is 14.8. The number of H-pyrrole nitrogens is 1. The zero-order chi connectivity index (χ0) is 22.1. The highest BCUT2D eigenvalue weighted by atomic mass is 19.1. The summed E-state index contributed by atoms with van der Waals surface area (Å²) in [6.45, 7) is 4.56. The molecule has 31 heavy (non-hydrogen) atoms. The van der Waals surface area contributed by atoms with Crippen molar-refractivity contribution >= 4 is 29.4 Å². The molecular formula is C23H28FN5O2. The number of amidine groups is 1. The minimum atomic E-state index is -1.76. The molecule has 3 fully saturated rings. The van der Waals surface area contributed by atoms with Crippen LogP contribution in [0.2, 0.25) is 0 Å². The van der Waals surface area contributed by atoms with Gasteiger partial charge >= 0.3 is 5.97 Å². The van der Waals surface area contributed by atoms with E-state index < -0.39 is 24.1 Å². The first kappa shape index (κ1) is 21.2. The number of halogens is 1. The number of hydrogen-bond acceptors (Lipinski definition) is 4. The van der Waals surface area contributed by atoms with Gasteiger partial charge in [0, 0.05) is 12.1 Å². The van der Waals surface area contributed by atoms with Gasteiger partial charge in [0.2, 0.25) is 6.17 Å². The Morgan fingerprint density at radius 3 is 2.77 bits per heavy atom. The smallest absolute Gasteiger partial charge is 0.308 e. The van der Waals surface area contributed by atoms with Gasteiger partial charge in [0.25, 0.3) is 0 Å². The highest BCUT2D eigenvalue weighted by Gasteiger charge is 2.47. The second kappa shape index (κ2) is 8.58. The van der Waals surface area contributed by atoms with Crippen LogP contribution in [0.1, 0.15) is 50.8 Å². The number of carboxylic acids is 1. The predicted octanol–water partition coefficient (Wildman–Crippen LogP) is 3.45. The van der Waals surface area contributed by atoms with E-state index in [0.29, 0.717) is 17.9 Å². The first-order valence-corrected chi connectivity index (χ1v) is 10.8. The van der Waals surface area contributed by atoms with Crippen LogP contribution in [0.3, 0.4) is 0 Å². The first-order chi connectivity index (χ1) is 14.9. The lowest BCUT2D eigenvalue weighted by Crippen LogP contribution is -2.48. The summed E-state index contributed by atoms with van der Waals surface area (Å²) in [4.78, 5) is 16.6. The number of nitrogens with one attached hydrogen (secondary N) is 3. The highest BCUT2D eigenvalue weighted by molar-refractivity contribution is 5.97. The summed E-state index contributed by atoms with van der Waals surface area (Å²) < 4.78 is 14.8. The maximum atomic E-state index is 14.8. The number of fused-ring (bicyclic) bond motifs is 4. The van der Waals surface area contributed by atoms with E-state index in [9.17, 15) is 14.3 Å². The van der Waals surface area contributed by atoms with Crippen LogP contribution in [0, 0.1) is 30.1 Å². The predicted molar refractivity (Wildman–Crippen MR) is 119 cm³/mol. The zero-order valence-electron chi connectivity index (χ0n) is 17.8. The number of hydrogen-bond donors (Lipinski definition) is 4. The Kier molecular flexibility index (Phi) is 5.86. The third-order valence-electron chi connectivity index (χ3n) is 6.69. The van der Waals surface area contributed by atoms with E-state index in [2.05, 4.69) is 31.7 Å². The summed E-state index contributed by atoms with van der Waals surface area (Å²) in [6, 6.07) is -0.475. The Bertz CT molecular complexity index is 994. The van der Waals surface area contributed by atoms with Crippen LogP contribution in [0.4, 0.5) is 10.2 Å². The number of carbonyl (C=O) groups is 1. The number of rotatable bonds is 5. The van der Waals surface area contributed by atoms with E-state index in [-0.39, 0.29) is 17.7 Å². The molecular weight excluding hydrogens is 397 g/mol. The van der Waals surface area contributed by atoms with Crippen LogP contribution >= 0.6 is 0 Å². The number of carboxylic acid groups (broad SMARTS) is 1. The minimum absolute atomic E-state index is 0.0211. The lowest BCUT2D eigenvalue weighted by molar-refractivity contribution is -0.148. The summed E-state index contributed by atoms with van der Waals surface area (Å²) in [7, 11) is 0. The Morgan fingerprint density at radius 2 is 2.13 bits per heavy atom. The number of alkyl halides is 1. The Balaban J connectivity index is 1.67. The molecule has 3 atom stereocenters. The zero-order valence-corrected chi connectivity index (χ0v) is 17.8. The van der Waals surface area contributed by atoms with E-state index in [1.807, 2.05) is 19.9 Å². The molecule has 0 aromatic carbocycles. The van der Waals surface area contributed by atoms with Crippen LogP contribution in [-0.4, -0.2) is 45.9 Å². The fourth-order valence-corrected chi connectivity index (χ4v) is 5.12. The number of anilines is 1. The molecule has 1 aliphatic heterocycles. The minimum Gasteiger partial charge on any atom is -0.481 e. The van der Waals surface area contributed by atoms with E-state index in [1.54, 1.807) is 6.08 Å². The molecule has 4 aliphatic rings. The fourth-order valence-electron chi connectivity index (χ4n) is 5.12. The van der Waals surface area contributed by atoms with Gasteiger partial charge in [-0.05, 0) is 57.4 Å². The van der Waals surface area contributed by atoms with Gasteiger partial charge in [-0.1, -0.05) is 17.6 Å². The first-order valence-electron chi connectivity index (χ1n) is 10.8. The SMILES string of the molecule is C#CC(F)C(=NC1C2CCC(CC2)C1C(=O)O)N/C(=C\C)c1[nH]nc2c1C=C(C)CN2. The van der Waals surface area contributed by atoms with Gasteiger partial charge < -0.3 is 15.7 Å². The van der Waals surface area contributed by atoms with Gasteiger partial charge in [-0.15, -0.1) is 6.42 Å². The van der Waals surface area contributed by atoms with Crippen molar-refractivity contribution in [1.82, 2.24) is 15.5 Å². The van der Waals surface area contributed by atoms with Crippen molar-refractivity contribution in [2.24, 2.45) is 22.7 Å². The topological polar surface area (TPSA) is 102 Å². The van der Waals surface area contributed by atoms with Crippen molar-refractivity contribution in [2.75, 3.05) is 11.9 Å². The van der Waals surface area contributed by atoms with Crippen LogP contribution in [0.25, 0.3) is 11.8 Å². The van der Waals surface area contributed by atoms with Crippen molar-refractivity contribution in [3.05, 3.63) is 22.9 Å². The van der Waals surface area contributed by atoms with Gasteiger partial charge in [-0.25, -0.2) is 4.39 Å². The number of aliphatic carboxylic acids is 1. The van der Waals surface area contributed by atoms with Gasteiger partial charge in [-0.2, -0.15) is 5.10 Å². The van der Waals surface area contributed by atoms with Crippen LogP contribution in [0.15, 0.2) is 16.6 Å². The van der Waals surface area contributed by atoms with E-state index in [1.165, 1.54) is 0 Å². The number of allylic oxidation sites excluding steroid dienone is 1. The summed E-state index contributed by atoms with van der Waals surface area (Å²) in [5.41, 5.74) is 3.31. The Labute approximate surface area is 181 Å². The second-order valence-corrected chi connectivity index (χ2v) is 8.61. The van der Waals surface area contributed by atoms with E-state index in [4.69, 9.17) is 6.42 Å². The molecule has 7 nitrogen and oxygen atoms in total. The molecule has 2 heterocycles. The lowest BCUT2D eigenvalue weighted by Gasteiger charge is -2.45. The van der Waals surface area contributed by atoms with Gasteiger partial charge in [0.05, 0.1) is 23.4 Å². The maximum Gasteiger partial charge on any atom is 0.308 e. The van der Waals surface area contributed by atoms with Crippen molar-refractivity contribution in [1.29, 1.82) is 0 Å². The molecule has 1 aromatic rings. The fraction of sp³-hybridized carbons (Fsp3) is 0.522. The summed E-state index contributed by atoms with van der Waals surface area (Å²) in [6.07, 6.45) is 11.1. The molecule has 0 spiro atoms. The van der Waals surface area contributed by atoms with Gasteiger partial charge in [0.1, 0.15) is 5.84 Å². The molecule has 0 saturated heterocycles. The summed E-state index contributed by atoms with van der Waals surface area (Å²) >= 11 is 0. The number of aliphatic imine (C=N–C) groups is 1. The van der Waals surface area contributed by atoms with Crippen molar-refractivity contribution in [2.45, 2.75) is 51.7 Å². The second-order valence-electron chi connectivity index (χ2n) is 8.61. The largest absolute Gasteiger partial charge is 0.481 e. The number of terminal acetylenes is 1. The Morgan fingerprint density at radius 1 is 1.42 bits per heavy atom. The molecule has 5 rings (SSSR count). The van der Waals surface area contributed by atoms with E-state index >= 15 is 0 Å². The highest BCUT2D eigenvalue weighted by Crippen LogP contribution is 2.47. The molecule has 3 aliphatic carbocycles. The van der Waals surface area contributed by atoms with Gasteiger partial charge in [0.15, 0.2) is 5.82 Å². The lowest BCUT2D eigenvalue weighted by atomic mass is 9.62. The van der Waals surface area contributed by atoms with Crippen molar-refractivity contribution in [3.63, 3.8) is 0 Å². The molecule has 3 unspecified atom stereocenters. The molecule has 3 saturated carbocycles. The number of aromatic nitrogens is 2. The molecule has 4 N–H and O–H groups in total. The molecule has 164 valence electrons. The molecule has 2 bridgehead atoms. The molecule has 8 heteroatoms. The number of nitrogens with zero attached hydrogens (tertiary/aromatic N) is 2. The third-order valence-corrected chi connectivity index (χ3v) is 6.69. The average molecular weight is 426 g/mol. The van der Waals surface area contributed by atoms with Crippen LogP contribution in [-0.2, 0) is 4.79 Å². The molecule has 1 aromatic heterocycles. The van der Waals surface area contributed by atoms with Crippen molar-refractivity contribution < 1.29 is 14.3 Å². The number of aromatic amines is 1. The summed E-state index contributed by atoms with van der Waals surface area (Å²) in [5, 5.41) is 23.4. The summed E-state index contributed by atoms with van der Waals surface area (Å²) in [5.74, 6) is 1.57. The Hall–Kier alpha value is -3.08. The van der Waals surface area contributed by atoms with Crippen molar-refractivity contribution in [3.8, 4) is 12.3 Å². The van der Waals surface area contributed by atoms with Gasteiger partial charge in [-0.3, -0.25) is 14.9 Å². The quantitative estimate of drug-likeness (QED) is 0.329.